The molecular weight excluding hydrogens is 308 g/mol. The van der Waals surface area contributed by atoms with Crippen molar-refractivity contribution in [1.82, 2.24) is 10.3 Å². The SMILES string of the molecule is Cc1cc2cccc(C)c2nc1SCC(=O)NC[C@H]1CCCO1. The highest BCUT2D eigenvalue weighted by atomic mass is 32.2. The van der Waals surface area contributed by atoms with Crippen LogP contribution in [0.3, 0.4) is 0 Å². The number of carbonyl (C=O) groups is 1. The average Bonchev–Trinajstić information content (AvgIpc) is 3.05. The third-order valence-electron chi connectivity index (χ3n) is 4.08. The monoisotopic (exact) mass is 330 g/mol. The molecule has 0 bridgehead atoms. The minimum absolute atomic E-state index is 0.0385. The van der Waals surface area contributed by atoms with Crippen molar-refractivity contribution in [3.05, 3.63) is 35.4 Å². The van der Waals surface area contributed by atoms with Crippen molar-refractivity contribution >= 4 is 28.6 Å². The van der Waals surface area contributed by atoms with Crippen molar-refractivity contribution in [3.63, 3.8) is 0 Å². The fraction of sp³-hybridized carbons (Fsp3) is 0.444. The minimum atomic E-state index is 0.0385. The van der Waals surface area contributed by atoms with Crippen LogP contribution in [0, 0.1) is 13.8 Å². The fourth-order valence-corrected chi connectivity index (χ4v) is 3.61. The molecule has 0 radical (unpaired) electrons. The average molecular weight is 330 g/mol. The van der Waals surface area contributed by atoms with Crippen LogP contribution >= 0.6 is 11.8 Å². The van der Waals surface area contributed by atoms with Gasteiger partial charge in [0.2, 0.25) is 5.91 Å². The minimum Gasteiger partial charge on any atom is -0.376 e. The normalized spacial score (nSPS) is 17.6. The fourth-order valence-electron chi connectivity index (χ4n) is 2.80. The lowest BCUT2D eigenvalue weighted by atomic mass is 10.1. The van der Waals surface area contributed by atoms with E-state index in [-0.39, 0.29) is 12.0 Å². The number of thioether (sulfide) groups is 1. The van der Waals surface area contributed by atoms with Crippen LogP contribution in [0.2, 0.25) is 0 Å². The summed E-state index contributed by atoms with van der Waals surface area (Å²) in [6.07, 6.45) is 2.32. The highest BCUT2D eigenvalue weighted by molar-refractivity contribution is 7.99. The van der Waals surface area contributed by atoms with E-state index in [1.165, 1.54) is 11.8 Å². The topological polar surface area (TPSA) is 51.2 Å². The van der Waals surface area contributed by atoms with Gasteiger partial charge in [0, 0.05) is 18.5 Å². The number of carbonyl (C=O) groups excluding carboxylic acids is 1. The molecule has 2 aromatic rings. The van der Waals surface area contributed by atoms with Gasteiger partial charge in [0.25, 0.3) is 0 Å². The molecule has 1 aliphatic heterocycles. The van der Waals surface area contributed by atoms with E-state index >= 15 is 0 Å². The van der Waals surface area contributed by atoms with Crippen molar-refractivity contribution in [1.29, 1.82) is 0 Å². The van der Waals surface area contributed by atoms with Crippen molar-refractivity contribution < 1.29 is 9.53 Å². The molecule has 1 saturated heterocycles. The molecule has 0 spiro atoms. The standard InChI is InChI=1S/C18H22N2O2S/c1-12-5-3-6-14-9-13(2)18(20-17(12)14)23-11-16(21)19-10-15-7-4-8-22-15/h3,5-6,9,15H,4,7-8,10-11H2,1-2H3,(H,19,21)/t15-/m1/s1. The van der Waals surface area contributed by atoms with Gasteiger partial charge < -0.3 is 10.1 Å². The summed E-state index contributed by atoms with van der Waals surface area (Å²) in [7, 11) is 0. The number of fused-ring (bicyclic) bond motifs is 1. The zero-order valence-corrected chi connectivity index (χ0v) is 14.4. The van der Waals surface area contributed by atoms with E-state index in [0.717, 1.165) is 46.5 Å². The molecule has 122 valence electrons. The highest BCUT2D eigenvalue weighted by Crippen LogP contribution is 2.25. The molecule has 1 aromatic carbocycles. The van der Waals surface area contributed by atoms with Crippen LogP contribution in [0.15, 0.2) is 29.3 Å². The lowest BCUT2D eigenvalue weighted by molar-refractivity contribution is -0.119. The van der Waals surface area contributed by atoms with Crippen LogP contribution in [0.25, 0.3) is 10.9 Å². The number of pyridine rings is 1. The lowest BCUT2D eigenvalue weighted by Gasteiger charge is -2.11. The lowest BCUT2D eigenvalue weighted by Crippen LogP contribution is -2.32. The Kier molecular flexibility index (Phi) is 5.18. The third kappa shape index (κ3) is 4.03. The van der Waals surface area contributed by atoms with Crippen molar-refractivity contribution in [2.75, 3.05) is 18.9 Å². The zero-order valence-electron chi connectivity index (χ0n) is 13.6. The summed E-state index contributed by atoms with van der Waals surface area (Å²) >= 11 is 1.50. The molecule has 5 heteroatoms. The Hall–Kier alpha value is -1.59. The summed E-state index contributed by atoms with van der Waals surface area (Å²) in [5, 5.41) is 5.03. The second-order valence-corrected chi connectivity index (χ2v) is 6.95. The maximum Gasteiger partial charge on any atom is 0.230 e. The third-order valence-corrected chi connectivity index (χ3v) is 5.18. The summed E-state index contributed by atoms with van der Waals surface area (Å²) in [6, 6.07) is 8.32. The predicted molar refractivity (Wildman–Crippen MR) is 93.9 cm³/mol. The number of hydrogen-bond acceptors (Lipinski definition) is 4. The number of nitrogens with one attached hydrogen (secondary N) is 1. The number of ether oxygens (including phenoxy) is 1. The quantitative estimate of drug-likeness (QED) is 0.855. The van der Waals surface area contributed by atoms with E-state index < -0.39 is 0 Å². The van der Waals surface area contributed by atoms with Crippen LogP contribution in [0.5, 0.6) is 0 Å². The van der Waals surface area contributed by atoms with Gasteiger partial charge in [0.05, 0.1) is 17.4 Å². The molecule has 23 heavy (non-hydrogen) atoms. The number of amides is 1. The van der Waals surface area contributed by atoms with Crippen LogP contribution < -0.4 is 5.32 Å². The zero-order chi connectivity index (χ0) is 16.2. The molecule has 1 N–H and O–H groups in total. The Morgan fingerprint density at radius 1 is 1.39 bits per heavy atom. The number of benzene rings is 1. The van der Waals surface area contributed by atoms with Gasteiger partial charge in [-0.1, -0.05) is 30.0 Å². The molecule has 1 aliphatic rings. The number of aromatic nitrogens is 1. The Morgan fingerprint density at radius 2 is 2.26 bits per heavy atom. The second kappa shape index (κ2) is 7.32. The van der Waals surface area contributed by atoms with E-state index in [2.05, 4.69) is 30.4 Å². The smallest absolute Gasteiger partial charge is 0.230 e. The number of rotatable bonds is 5. The van der Waals surface area contributed by atoms with Crippen LogP contribution in [-0.2, 0) is 9.53 Å². The largest absolute Gasteiger partial charge is 0.376 e. The second-order valence-electron chi connectivity index (χ2n) is 5.98. The molecule has 4 nitrogen and oxygen atoms in total. The van der Waals surface area contributed by atoms with Gasteiger partial charge >= 0.3 is 0 Å². The van der Waals surface area contributed by atoms with Gasteiger partial charge in [-0.15, -0.1) is 0 Å². The van der Waals surface area contributed by atoms with Crippen molar-refractivity contribution in [3.8, 4) is 0 Å². The molecule has 1 aromatic heterocycles. The van der Waals surface area contributed by atoms with Crippen molar-refractivity contribution in [2.45, 2.75) is 37.8 Å². The molecule has 3 rings (SSSR count). The van der Waals surface area contributed by atoms with E-state index in [1.54, 1.807) is 0 Å². The molecule has 1 fully saturated rings. The van der Waals surface area contributed by atoms with Gasteiger partial charge in [-0.25, -0.2) is 4.98 Å². The predicted octanol–water partition coefficient (Wildman–Crippen LogP) is 3.24. The first-order valence-electron chi connectivity index (χ1n) is 8.01. The number of nitrogens with zero attached hydrogens (tertiary/aromatic N) is 1. The van der Waals surface area contributed by atoms with E-state index in [9.17, 15) is 4.79 Å². The first-order valence-corrected chi connectivity index (χ1v) is 9.00. The Bertz CT molecular complexity index is 711. The van der Waals surface area contributed by atoms with Gasteiger partial charge in [-0.05, 0) is 43.9 Å². The summed E-state index contributed by atoms with van der Waals surface area (Å²) in [4.78, 5) is 16.7. The molecule has 0 aliphatic carbocycles. The summed E-state index contributed by atoms with van der Waals surface area (Å²) in [5.41, 5.74) is 3.28. The first kappa shape index (κ1) is 16.3. The summed E-state index contributed by atoms with van der Waals surface area (Å²) < 4.78 is 5.51. The van der Waals surface area contributed by atoms with E-state index in [4.69, 9.17) is 9.72 Å². The van der Waals surface area contributed by atoms with E-state index in [1.807, 2.05) is 13.0 Å². The Morgan fingerprint density at radius 3 is 3.04 bits per heavy atom. The summed E-state index contributed by atoms with van der Waals surface area (Å²) in [6.45, 7) is 5.53. The number of aryl methyl sites for hydroxylation is 2. The Labute approximate surface area is 141 Å². The summed E-state index contributed by atoms with van der Waals surface area (Å²) in [5.74, 6) is 0.425. The maximum absolute atomic E-state index is 12.0. The van der Waals surface area contributed by atoms with Gasteiger partial charge in [0.1, 0.15) is 5.03 Å². The number of hydrogen-bond donors (Lipinski definition) is 1. The van der Waals surface area contributed by atoms with Crippen LogP contribution in [0.4, 0.5) is 0 Å². The van der Waals surface area contributed by atoms with Crippen molar-refractivity contribution in [2.24, 2.45) is 0 Å². The van der Waals surface area contributed by atoms with Crippen LogP contribution in [0.1, 0.15) is 24.0 Å². The molecule has 2 heterocycles. The molecule has 1 atom stereocenters. The molecular formula is C18H22N2O2S. The van der Waals surface area contributed by atoms with Gasteiger partial charge in [0.15, 0.2) is 0 Å². The Balaban J connectivity index is 1.61. The number of para-hydroxylation sites is 1. The molecule has 0 saturated carbocycles. The molecule has 0 unspecified atom stereocenters. The van der Waals surface area contributed by atoms with Gasteiger partial charge in [-0.3, -0.25) is 4.79 Å². The molecule has 1 amide bonds. The maximum atomic E-state index is 12.0. The van der Waals surface area contributed by atoms with Gasteiger partial charge in [-0.2, -0.15) is 0 Å². The first-order chi connectivity index (χ1) is 11.1. The van der Waals surface area contributed by atoms with Crippen LogP contribution in [-0.4, -0.2) is 35.9 Å². The highest BCUT2D eigenvalue weighted by Gasteiger charge is 2.16. The van der Waals surface area contributed by atoms with E-state index in [0.29, 0.717) is 12.3 Å².